The molecule has 1 aliphatic rings. The Bertz CT molecular complexity index is 513. The second-order valence-electron chi connectivity index (χ2n) is 5.41. The number of rotatable bonds is 2. The minimum atomic E-state index is -2.75. The maximum absolute atomic E-state index is 13.3. The van der Waals surface area contributed by atoms with Gasteiger partial charge in [-0.15, -0.1) is 0 Å². The second kappa shape index (κ2) is 4.28. The van der Waals surface area contributed by atoms with E-state index in [0.717, 1.165) is 5.69 Å². The lowest BCUT2D eigenvalue weighted by atomic mass is 9.67. The molecule has 6 heteroatoms. The molecule has 0 spiro atoms. The van der Waals surface area contributed by atoms with Gasteiger partial charge in [-0.3, -0.25) is 9.48 Å². The number of aryl methyl sites for hydroxylation is 2. The number of alkyl halides is 2. The van der Waals surface area contributed by atoms with Crippen LogP contribution >= 0.6 is 0 Å². The summed E-state index contributed by atoms with van der Waals surface area (Å²) in [4.78, 5) is 11.7. The Labute approximate surface area is 110 Å². The van der Waals surface area contributed by atoms with Gasteiger partial charge >= 0.3 is 5.97 Å². The van der Waals surface area contributed by atoms with E-state index in [-0.39, 0.29) is 25.7 Å². The standard InChI is InChI=1S/C13H18F2N2O2/c1-8-10(9(2)17(3)16-8)12(11(18)19)4-6-13(14,15)7-5-12/h4-7H2,1-3H3,(H,18,19). The van der Waals surface area contributed by atoms with Gasteiger partial charge in [-0.2, -0.15) is 5.10 Å². The van der Waals surface area contributed by atoms with Crippen molar-refractivity contribution in [3.63, 3.8) is 0 Å². The zero-order valence-electron chi connectivity index (χ0n) is 11.3. The highest BCUT2D eigenvalue weighted by atomic mass is 19.3. The molecule has 1 heterocycles. The molecule has 0 bridgehead atoms. The highest BCUT2D eigenvalue weighted by molar-refractivity contribution is 5.82. The Hall–Kier alpha value is -1.46. The summed E-state index contributed by atoms with van der Waals surface area (Å²) in [7, 11) is 1.73. The highest BCUT2D eigenvalue weighted by Crippen LogP contribution is 2.47. The van der Waals surface area contributed by atoms with Gasteiger partial charge in [0.2, 0.25) is 5.92 Å². The molecule has 0 saturated heterocycles. The van der Waals surface area contributed by atoms with Gasteiger partial charge in [0, 0.05) is 31.1 Å². The third kappa shape index (κ3) is 2.13. The van der Waals surface area contributed by atoms with Gasteiger partial charge < -0.3 is 5.11 Å². The molecule has 1 saturated carbocycles. The summed E-state index contributed by atoms with van der Waals surface area (Å²) >= 11 is 0. The van der Waals surface area contributed by atoms with Crippen molar-refractivity contribution in [1.29, 1.82) is 0 Å². The lowest BCUT2D eigenvalue weighted by molar-refractivity contribution is -0.149. The van der Waals surface area contributed by atoms with Gasteiger partial charge in [-0.05, 0) is 26.7 Å². The van der Waals surface area contributed by atoms with Crippen molar-refractivity contribution >= 4 is 5.97 Å². The van der Waals surface area contributed by atoms with Crippen molar-refractivity contribution in [1.82, 2.24) is 9.78 Å². The molecule has 0 amide bonds. The molecule has 19 heavy (non-hydrogen) atoms. The summed E-state index contributed by atoms with van der Waals surface area (Å²) in [5.41, 5.74) is 0.750. The molecule has 0 atom stereocenters. The van der Waals surface area contributed by atoms with E-state index in [2.05, 4.69) is 5.10 Å². The van der Waals surface area contributed by atoms with Crippen molar-refractivity contribution in [3.05, 3.63) is 17.0 Å². The molecule has 0 aliphatic heterocycles. The molecule has 1 aromatic rings. The van der Waals surface area contributed by atoms with Crippen LogP contribution in [0.5, 0.6) is 0 Å². The van der Waals surface area contributed by atoms with Gasteiger partial charge in [0.15, 0.2) is 0 Å². The SMILES string of the molecule is Cc1nn(C)c(C)c1C1(C(=O)O)CCC(F)(F)CC1. The fourth-order valence-corrected chi connectivity index (χ4v) is 3.08. The van der Waals surface area contributed by atoms with Crippen LogP contribution in [0.25, 0.3) is 0 Å². The summed E-state index contributed by atoms with van der Waals surface area (Å²) in [6.07, 6.45) is -0.842. The van der Waals surface area contributed by atoms with Gasteiger partial charge in [0.25, 0.3) is 0 Å². The van der Waals surface area contributed by atoms with E-state index < -0.39 is 17.3 Å². The van der Waals surface area contributed by atoms with Crippen LogP contribution in [0.15, 0.2) is 0 Å². The van der Waals surface area contributed by atoms with Gasteiger partial charge in [0.05, 0.1) is 11.1 Å². The van der Waals surface area contributed by atoms with Crippen molar-refractivity contribution in [3.8, 4) is 0 Å². The molecule has 0 unspecified atom stereocenters. The quantitative estimate of drug-likeness (QED) is 0.900. The van der Waals surface area contributed by atoms with Crippen molar-refractivity contribution in [2.24, 2.45) is 7.05 Å². The monoisotopic (exact) mass is 272 g/mol. The Morgan fingerprint density at radius 3 is 2.16 bits per heavy atom. The summed E-state index contributed by atoms with van der Waals surface area (Å²) in [5, 5.41) is 13.8. The Morgan fingerprint density at radius 2 is 1.79 bits per heavy atom. The normalized spacial score (nSPS) is 21.3. The fraction of sp³-hybridized carbons (Fsp3) is 0.692. The first-order valence-electron chi connectivity index (χ1n) is 6.31. The maximum Gasteiger partial charge on any atom is 0.314 e. The third-order valence-corrected chi connectivity index (χ3v) is 4.23. The van der Waals surface area contributed by atoms with Crippen molar-refractivity contribution in [2.75, 3.05) is 0 Å². The number of hydrogen-bond donors (Lipinski definition) is 1. The summed E-state index contributed by atoms with van der Waals surface area (Å²) in [5.74, 6) is -3.77. The molecule has 1 fully saturated rings. The molecule has 1 N–H and O–H groups in total. The van der Waals surface area contributed by atoms with E-state index in [1.165, 1.54) is 0 Å². The second-order valence-corrected chi connectivity index (χ2v) is 5.41. The van der Waals surface area contributed by atoms with Crippen LogP contribution < -0.4 is 0 Å². The van der Waals surface area contributed by atoms with Gasteiger partial charge in [-0.1, -0.05) is 0 Å². The van der Waals surface area contributed by atoms with E-state index in [9.17, 15) is 18.7 Å². The zero-order chi connectivity index (χ0) is 14.4. The smallest absolute Gasteiger partial charge is 0.314 e. The molecule has 2 rings (SSSR count). The van der Waals surface area contributed by atoms with Crippen LogP contribution in [-0.2, 0) is 17.3 Å². The van der Waals surface area contributed by atoms with Crippen LogP contribution in [0, 0.1) is 13.8 Å². The predicted octanol–water partition coefficient (Wildman–Crippen LogP) is 2.57. The lowest BCUT2D eigenvalue weighted by Crippen LogP contribution is -2.43. The van der Waals surface area contributed by atoms with Gasteiger partial charge in [-0.25, -0.2) is 8.78 Å². The molecule has 106 valence electrons. The Balaban J connectivity index is 2.50. The number of carboxylic acid groups (broad SMARTS) is 1. The number of aromatic nitrogens is 2. The first-order valence-corrected chi connectivity index (χ1v) is 6.31. The summed E-state index contributed by atoms with van der Waals surface area (Å²) in [6, 6.07) is 0. The number of nitrogens with zero attached hydrogens (tertiary/aromatic N) is 2. The van der Waals surface area contributed by atoms with Crippen molar-refractivity contribution < 1.29 is 18.7 Å². The molecule has 1 aromatic heterocycles. The van der Waals surface area contributed by atoms with E-state index in [0.29, 0.717) is 11.3 Å². The maximum atomic E-state index is 13.3. The predicted molar refractivity (Wildman–Crippen MR) is 65.4 cm³/mol. The first kappa shape index (κ1) is 14.0. The lowest BCUT2D eigenvalue weighted by Gasteiger charge is -2.37. The van der Waals surface area contributed by atoms with Gasteiger partial charge in [0.1, 0.15) is 0 Å². The average Bonchev–Trinajstić information content (AvgIpc) is 2.55. The number of aliphatic carboxylic acids is 1. The minimum absolute atomic E-state index is 0.0390. The van der Waals surface area contributed by atoms with Crippen LogP contribution in [0.3, 0.4) is 0 Å². The highest BCUT2D eigenvalue weighted by Gasteiger charge is 2.51. The van der Waals surface area contributed by atoms with Crippen LogP contribution in [-0.4, -0.2) is 26.8 Å². The first-order chi connectivity index (χ1) is 8.69. The van der Waals surface area contributed by atoms with Crippen LogP contribution in [0.1, 0.15) is 42.6 Å². The van der Waals surface area contributed by atoms with Crippen LogP contribution in [0.2, 0.25) is 0 Å². The molecule has 1 aliphatic carbocycles. The third-order valence-electron chi connectivity index (χ3n) is 4.23. The molecule has 4 nitrogen and oxygen atoms in total. The average molecular weight is 272 g/mol. The molecular formula is C13H18F2N2O2. The van der Waals surface area contributed by atoms with Crippen molar-refractivity contribution in [2.45, 2.75) is 50.9 Å². The molecular weight excluding hydrogens is 254 g/mol. The Kier molecular flexibility index (Phi) is 3.15. The molecule has 0 aromatic carbocycles. The fourth-order valence-electron chi connectivity index (χ4n) is 3.08. The van der Waals surface area contributed by atoms with E-state index >= 15 is 0 Å². The summed E-state index contributed by atoms with van der Waals surface area (Å²) in [6.45, 7) is 3.52. The number of carbonyl (C=O) groups is 1. The largest absolute Gasteiger partial charge is 0.481 e. The number of halogens is 2. The zero-order valence-corrected chi connectivity index (χ0v) is 11.3. The van der Waals surface area contributed by atoms with E-state index in [1.54, 1.807) is 25.6 Å². The van der Waals surface area contributed by atoms with E-state index in [4.69, 9.17) is 0 Å². The molecule has 0 radical (unpaired) electrons. The number of carboxylic acids is 1. The minimum Gasteiger partial charge on any atom is -0.481 e. The summed E-state index contributed by atoms with van der Waals surface area (Å²) < 4.78 is 28.3. The van der Waals surface area contributed by atoms with E-state index in [1.807, 2.05) is 0 Å². The topological polar surface area (TPSA) is 55.1 Å². The van der Waals surface area contributed by atoms with Crippen LogP contribution in [0.4, 0.5) is 8.78 Å². The number of hydrogen-bond acceptors (Lipinski definition) is 2. The Morgan fingerprint density at radius 1 is 1.26 bits per heavy atom.